The zero-order chi connectivity index (χ0) is 19.2. The van der Waals surface area contributed by atoms with Gasteiger partial charge in [0, 0.05) is 5.02 Å². The number of fused-ring (bicyclic) bond motifs is 1. The summed E-state index contributed by atoms with van der Waals surface area (Å²) in [6.45, 7) is 1.27. The number of rotatable bonds is 3. The second-order valence-corrected chi connectivity index (χ2v) is 6.78. The standard InChI is InChI=1S/C18H14ClN5O3/c1-18(11-6-8-12(19)9-7-11)16(26)23(17(27)20-18)10-24-15(25)13-4-2-3-5-14(13)21-22-24/h2-9H,10H2,1H3,(H,20,27)/t18-/m0/s1. The molecular weight excluding hydrogens is 370 g/mol. The molecule has 8 nitrogen and oxygen atoms in total. The molecule has 1 aliphatic heterocycles. The number of benzene rings is 2. The number of urea groups is 1. The maximum atomic E-state index is 12.9. The average Bonchev–Trinajstić information content (AvgIpc) is 2.88. The number of amides is 3. The molecule has 1 aromatic heterocycles. The molecular formula is C18H14ClN5O3. The van der Waals surface area contributed by atoms with Gasteiger partial charge in [0.2, 0.25) is 0 Å². The van der Waals surface area contributed by atoms with Crippen LogP contribution in [-0.2, 0) is 17.0 Å². The third-order valence-electron chi connectivity index (χ3n) is 4.60. The monoisotopic (exact) mass is 383 g/mol. The second-order valence-electron chi connectivity index (χ2n) is 6.35. The maximum absolute atomic E-state index is 12.9. The van der Waals surface area contributed by atoms with Crippen molar-refractivity contribution < 1.29 is 9.59 Å². The number of imide groups is 1. The van der Waals surface area contributed by atoms with Gasteiger partial charge >= 0.3 is 6.03 Å². The fourth-order valence-corrected chi connectivity index (χ4v) is 3.18. The van der Waals surface area contributed by atoms with Crippen molar-refractivity contribution in [3.8, 4) is 0 Å². The predicted molar refractivity (Wildman–Crippen MR) is 98.0 cm³/mol. The van der Waals surface area contributed by atoms with Crippen LogP contribution in [0.25, 0.3) is 10.9 Å². The number of nitrogens with one attached hydrogen (secondary N) is 1. The molecule has 1 saturated heterocycles. The van der Waals surface area contributed by atoms with E-state index in [0.29, 0.717) is 21.5 Å². The minimum atomic E-state index is -1.25. The van der Waals surface area contributed by atoms with Crippen molar-refractivity contribution in [1.82, 2.24) is 25.2 Å². The van der Waals surface area contributed by atoms with E-state index in [1.807, 2.05) is 0 Å². The normalized spacial score (nSPS) is 19.6. The summed E-state index contributed by atoms with van der Waals surface area (Å²) in [6, 6.07) is 12.8. The first-order valence-electron chi connectivity index (χ1n) is 8.13. The molecule has 1 aliphatic rings. The van der Waals surface area contributed by atoms with Crippen molar-refractivity contribution >= 4 is 34.4 Å². The molecule has 3 aromatic rings. The molecule has 3 amide bonds. The number of carbonyl (C=O) groups excluding carboxylic acids is 2. The van der Waals surface area contributed by atoms with E-state index < -0.39 is 23.0 Å². The third-order valence-corrected chi connectivity index (χ3v) is 4.85. The van der Waals surface area contributed by atoms with Crippen LogP contribution >= 0.6 is 11.6 Å². The largest absolute Gasteiger partial charge is 0.326 e. The van der Waals surface area contributed by atoms with Gasteiger partial charge < -0.3 is 5.32 Å². The van der Waals surface area contributed by atoms with E-state index in [9.17, 15) is 14.4 Å². The predicted octanol–water partition coefficient (Wildman–Crippen LogP) is 1.87. The molecule has 0 spiro atoms. The highest BCUT2D eigenvalue weighted by atomic mass is 35.5. The van der Waals surface area contributed by atoms with Crippen LogP contribution in [-0.4, -0.2) is 31.8 Å². The summed E-state index contributed by atoms with van der Waals surface area (Å²) >= 11 is 5.89. The molecule has 4 rings (SSSR count). The Balaban J connectivity index is 1.68. The molecule has 0 radical (unpaired) electrons. The molecule has 0 unspecified atom stereocenters. The molecule has 0 bridgehead atoms. The summed E-state index contributed by atoms with van der Waals surface area (Å²) in [7, 11) is 0. The number of hydrogen-bond donors (Lipinski definition) is 1. The maximum Gasteiger partial charge on any atom is 0.326 e. The smallest absolute Gasteiger partial charge is 0.319 e. The van der Waals surface area contributed by atoms with Crippen LogP contribution in [0.1, 0.15) is 12.5 Å². The molecule has 1 N–H and O–H groups in total. The van der Waals surface area contributed by atoms with Crippen molar-refractivity contribution in [1.29, 1.82) is 0 Å². The molecule has 136 valence electrons. The molecule has 1 fully saturated rings. The van der Waals surface area contributed by atoms with E-state index >= 15 is 0 Å². The van der Waals surface area contributed by atoms with Gasteiger partial charge in [0.05, 0.1) is 5.39 Å². The third kappa shape index (κ3) is 2.74. The minimum absolute atomic E-state index is 0.329. The van der Waals surface area contributed by atoms with Crippen LogP contribution in [0, 0.1) is 0 Å². The van der Waals surface area contributed by atoms with E-state index in [2.05, 4.69) is 15.6 Å². The van der Waals surface area contributed by atoms with E-state index in [1.165, 1.54) is 0 Å². The molecule has 9 heteroatoms. The first-order valence-corrected chi connectivity index (χ1v) is 8.50. The SMILES string of the molecule is C[C@@]1(c2ccc(Cl)cc2)NC(=O)N(Cn2nnc3ccccc3c2=O)C1=O. The Labute approximate surface area is 158 Å². The van der Waals surface area contributed by atoms with Crippen molar-refractivity contribution in [2.75, 3.05) is 0 Å². The molecule has 2 aromatic carbocycles. The van der Waals surface area contributed by atoms with E-state index in [-0.39, 0.29) is 6.67 Å². The Morgan fingerprint density at radius 2 is 1.78 bits per heavy atom. The fourth-order valence-electron chi connectivity index (χ4n) is 3.05. The Morgan fingerprint density at radius 3 is 2.52 bits per heavy atom. The van der Waals surface area contributed by atoms with Crippen LogP contribution < -0.4 is 10.9 Å². The highest BCUT2D eigenvalue weighted by molar-refractivity contribution is 6.30. The van der Waals surface area contributed by atoms with Gasteiger partial charge in [0.15, 0.2) is 0 Å². The van der Waals surface area contributed by atoms with Gasteiger partial charge in [-0.3, -0.25) is 9.59 Å². The van der Waals surface area contributed by atoms with Gasteiger partial charge in [0.1, 0.15) is 17.7 Å². The van der Waals surface area contributed by atoms with Crippen LogP contribution in [0.2, 0.25) is 5.02 Å². The topological polar surface area (TPSA) is 97.2 Å². The number of hydrogen-bond acceptors (Lipinski definition) is 5. The molecule has 1 atom stereocenters. The van der Waals surface area contributed by atoms with Crippen molar-refractivity contribution in [2.45, 2.75) is 19.1 Å². The molecule has 0 saturated carbocycles. The quantitative estimate of drug-likeness (QED) is 0.696. The Kier molecular flexibility index (Phi) is 3.92. The molecule has 27 heavy (non-hydrogen) atoms. The summed E-state index contributed by atoms with van der Waals surface area (Å²) < 4.78 is 0.993. The summed E-state index contributed by atoms with van der Waals surface area (Å²) in [5.41, 5.74) is -0.650. The Bertz CT molecular complexity index is 1130. The zero-order valence-electron chi connectivity index (χ0n) is 14.2. The average molecular weight is 384 g/mol. The fraction of sp³-hybridized carbons (Fsp3) is 0.167. The van der Waals surface area contributed by atoms with E-state index in [1.54, 1.807) is 55.5 Å². The van der Waals surface area contributed by atoms with E-state index in [0.717, 1.165) is 9.58 Å². The van der Waals surface area contributed by atoms with Gasteiger partial charge in [-0.05, 0) is 36.8 Å². The Morgan fingerprint density at radius 1 is 1.07 bits per heavy atom. The lowest BCUT2D eigenvalue weighted by Crippen LogP contribution is -2.42. The van der Waals surface area contributed by atoms with Crippen LogP contribution in [0.4, 0.5) is 4.79 Å². The van der Waals surface area contributed by atoms with Crippen molar-refractivity contribution in [3.63, 3.8) is 0 Å². The number of halogens is 1. The lowest BCUT2D eigenvalue weighted by molar-refractivity contribution is -0.132. The Hall–Kier alpha value is -3.26. The highest BCUT2D eigenvalue weighted by Crippen LogP contribution is 2.29. The first kappa shape index (κ1) is 17.2. The second kappa shape index (κ2) is 6.17. The summed E-state index contributed by atoms with van der Waals surface area (Å²) in [5, 5.41) is 11.4. The number of nitrogens with zero attached hydrogens (tertiary/aromatic N) is 4. The van der Waals surface area contributed by atoms with Crippen LogP contribution in [0.3, 0.4) is 0 Å². The molecule has 2 heterocycles. The van der Waals surface area contributed by atoms with Crippen molar-refractivity contribution in [2.24, 2.45) is 0 Å². The zero-order valence-corrected chi connectivity index (χ0v) is 15.0. The number of carbonyl (C=O) groups is 2. The van der Waals surface area contributed by atoms with Gasteiger partial charge in [-0.1, -0.05) is 41.1 Å². The van der Waals surface area contributed by atoms with Gasteiger partial charge in [-0.15, -0.1) is 5.10 Å². The lowest BCUT2D eigenvalue weighted by Gasteiger charge is -2.22. The molecule has 0 aliphatic carbocycles. The van der Waals surface area contributed by atoms with Crippen molar-refractivity contribution in [3.05, 3.63) is 69.5 Å². The van der Waals surface area contributed by atoms with Crippen LogP contribution in [0.5, 0.6) is 0 Å². The highest BCUT2D eigenvalue weighted by Gasteiger charge is 2.49. The van der Waals surface area contributed by atoms with E-state index in [4.69, 9.17) is 11.6 Å². The van der Waals surface area contributed by atoms with Crippen LogP contribution in [0.15, 0.2) is 53.3 Å². The van der Waals surface area contributed by atoms with Gasteiger partial charge in [0.25, 0.3) is 11.5 Å². The van der Waals surface area contributed by atoms with Gasteiger partial charge in [-0.25, -0.2) is 9.69 Å². The first-order chi connectivity index (χ1) is 12.9. The minimum Gasteiger partial charge on any atom is -0.319 e. The summed E-state index contributed by atoms with van der Waals surface area (Å²) in [5.74, 6) is -0.489. The van der Waals surface area contributed by atoms with Gasteiger partial charge in [-0.2, -0.15) is 4.68 Å². The summed E-state index contributed by atoms with van der Waals surface area (Å²) in [4.78, 5) is 38.9. The summed E-state index contributed by atoms with van der Waals surface area (Å²) in [6.07, 6.45) is 0. The number of aromatic nitrogens is 3. The lowest BCUT2D eigenvalue weighted by atomic mass is 9.92.